The van der Waals surface area contributed by atoms with Gasteiger partial charge in [-0.05, 0) is 18.6 Å². The normalized spacial score (nSPS) is 12.9. The van der Waals surface area contributed by atoms with Crippen LogP contribution in [0, 0.1) is 0 Å². The number of sulfone groups is 1. The molecule has 0 saturated heterocycles. The van der Waals surface area contributed by atoms with Gasteiger partial charge in [-0.3, -0.25) is 0 Å². The Kier molecular flexibility index (Phi) is 6.64. The Morgan fingerprint density at radius 2 is 2.05 bits per heavy atom. The van der Waals surface area contributed by atoms with Crippen molar-refractivity contribution in [3.05, 3.63) is 24.3 Å². The number of carboxylic acid groups (broad SMARTS) is 1. The Balaban J connectivity index is 3.05. The summed E-state index contributed by atoms with van der Waals surface area (Å²) in [7, 11) is -1.93. The molecule has 0 aromatic heterocycles. The topological polar surface area (TPSA) is 92.7 Å². The molecule has 7 heteroatoms. The molecule has 0 spiro atoms. The summed E-state index contributed by atoms with van der Waals surface area (Å²) in [6.45, 7) is 2.06. The first-order chi connectivity index (χ1) is 9.92. The highest BCUT2D eigenvalue weighted by molar-refractivity contribution is 7.91. The molecular weight excluding hydrogens is 294 g/mol. The van der Waals surface area contributed by atoms with Gasteiger partial charge in [-0.25, -0.2) is 13.2 Å². The van der Waals surface area contributed by atoms with E-state index in [1.807, 2.05) is 0 Å². The average Bonchev–Trinajstić information content (AvgIpc) is 2.43. The van der Waals surface area contributed by atoms with Crippen LogP contribution in [0.25, 0.3) is 0 Å². The van der Waals surface area contributed by atoms with Crippen LogP contribution in [0.15, 0.2) is 29.2 Å². The van der Waals surface area contributed by atoms with Crippen molar-refractivity contribution in [2.75, 3.05) is 24.8 Å². The highest BCUT2D eigenvalue weighted by Crippen LogP contribution is 2.23. The van der Waals surface area contributed by atoms with E-state index in [9.17, 15) is 18.3 Å². The van der Waals surface area contributed by atoms with Gasteiger partial charge in [0.2, 0.25) is 0 Å². The molecule has 118 valence electrons. The van der Waals surface area contributed by atoms with E-state index in [2.05, 4.69) is 5.32 Å². The minimum Gasteiger partial charge on any atom is -0.480 e. The van der Waals surface area contributed by atoms with Crippen LogP contribution in [-0.2, 0) is 19.4 Å². The number of aliphatic carboxylic acids is 1. The van der Waals surface area contributed by atoms with Gasteiger partial charge >= 0.3 is 5.97 Å². The lowest BCUT2D eigenvalue weighted by molar-refractivity contribution is -0.138. The van der Waals surface area contributed by atoms with Crippen molar-refractivity contribution < 1.29 is 23.1 Å². The summed E-state index contributed by atoms with van der Waals surface area (Å²) in [6, 6.07) is 5.46. The third-order valence-electron chi connectivity index (χ3n) is 2.93. The molecule has 1 unspecified atom stereocenters. The van der Waals surface area contributed by atoms with Gasteiger partial charge < -0.3 is 15.2 Å². The number of carboxylic acids is 1. The smallest absolute Gasteiger partial charge is 0.326 e. The van der Waals surface area contributed by atoms with Gasteiger partial charge in [0.15, 0.2) is 9.84 Å². The molecule has 0 fully saturated rings. The van der Waals surface area contributed by atoms with Gasteiger partial charge in [0.25, 0.3) is 0 Å². The fourth-order valence-electron chi connectivity index (χ4n) is 1.92. The van der Waals surface area contributed by atoms with E-state index in [-0.39, 0.29) is 23.7 Å². The van der Waals surface area contributed by atoms with E-state index in [4.69, 9.17) is 4.74 Å². The van der Waals surface area contributed by atoms with Gasteiger partial charge in [-0.15, -0.1) is 0 Å². The molecule has 1 rings (SSSR count). The maximum Gasteiger partial charge on any atom is 0.326 e. The third-order valence-corrected chi connectivity index (χ3v) is 4.91. The van der Waals surface area contributed by atoms with Gasteiger partial charge in [-0.1, -0.05) is 19.1 Å². The van der Waals surface area contributed by atoms with Crippen molar-refractivity contribution in [1.82, 2.24) is 0 Å². The zero-order valence-corrected chi connectivity index (χ0v) is 13.0. The number of anilines is 1. The Labute approximate surface area is 125 Å². The summed E-state index contributed by atoms with van der Waals surface area (Å²) in [6.07, 6.45) is 0.747. The lowest BCUT2D eigenvalue weighted by Gasteiger charge is -2.18. The summed E-state index contributed by atoms with van der Waals surface area (Å²) < 4.78 is 29.3. The van der Waals surface area contributed by atoms with Crippen LogP contribution < -0.4 is 5.32 Å². The third kappa shape index (κ3) is 5.02. The molecule has 0 aliphatic heterocycles. The van der Waals surface area contributed by atoms with Crippen molar-refractivity contribution >= 4 is 21.5 Å². The average molecular weight is 315 g/mol. The molecule has 0 bridgehead atoms. The highest BCUT2D eigenvalue weighted by atomic mass is 32.2. The van der Waals surface area contributed by atoms with Crippen LogP contribution >= 0.6 is 0 Å². The SMILES string of the molecule is CCCS(=O)(=O)c1ccccc1NC(CCOC)C(=O)O. The van der Waals surface area contributed by atoms with E-state index in [0.29, 0.717) is 12.1 Å². The van der Waals surface area contributed by atoms with Crippen molar-refractivity contribution in [2.24, 2.45) is 0 Å². The predicted molar refractivity (Wildman–Crippen MR) is 80.3 cm³/mol. The van der Waals surface area contributed by atoms with Crippen molar-refractivity contribution in [1.29, 1.82) is 0 Å². The number of benzene rings is 1. The first kappa shape index (κ1) is 17.5. The fourth-order valence-corrected chi connectivity index (χ4v) is 3.42. The van der Waals surface area contributed by atoms with Crippen LogP contribution in [0.3, 0.4) is 0 Å². The molecule has 1 atom stereocenters. The van der Waals surface area contributed by atoms with E-state index >= 15 is 0 Å². The van der Waals surface area contributed by atoms with Gasteiger partial charge in [-0.2, -0.15) is 0 Å². The summed E-state index contributed by atoms with van der Waals surface area (Å²) in [5, 5.41) is 12.0. The maximum atomic E-state index is 12.2. The van der Waals surface area contributed by atoms with Gasteiger partial charge in [0, 0.05) is 20.1 Å². The summed E-state index contributed by atoms with van der Waals surface area (Å²) in [4.78, 5) is 11.4. The zero-order chi connectivity index (χ0) is 15.9. The summed E-state index contributed by atoms with van der Waals surface area (Å²) in [5.41, 5.74) is 0.314. The molecule has 0 heterocycles. The second-order valence-electron chi connectivity index (χ2n) is 4.63. The number of nitrogens with one attached hydrogen (secondary N) is 1. The molecule has 0 aliphatic carbocycles. The maximum absolute atomic E-state index is 12.2. The molecule has 0 saturated carbocycles. The molecule has 1 aromatic rings. The first-order valence-corrected chi connectivity index (χ1v) is 8.37. The van der Waals surface area contributed by atoms with Gasteiger partial charge in [0.1, 0.15) is 6.04 Å². The van der Waals surface area contributed by atoms with Crippen LogP contribution in [0.5, 0.6) is 0 Å². The fraction of sp³-hybridized carbons (Fsp3) is 0.500. The molecular formula is C14H21NO5S. The van der Waals surface area contributed by atoms with Gasteiger partial charge in [0.05, 0.1) is 16.3 Å². The van der Waals surface area contributed by atoms with Crippen molar-refractivity contribution in [3.63, 3.8) is 0 Å². The van der Waals surface area contributed by atoms with Crippen molar-refractivity contribution in [3.8, 4) is 0 Å². The minimum absolute atomic E-state index is 0.0293. The van der Waals surface area contributed by atoms with E-state index in [1.54, 1.807) is 25.1 Å². The van der Waals surface area contributed by atoms with E-state index in [1.165, 1.54) is 13.2 Å². The number of carbonyl (C=O) groups is 1. The lowest BCUT2D eigenvalue weighted by atomic mass is 10.2. The number of methoxy groups -OCH3 is 1. The predicted octanol–water partition coefficient (Wildman–Crippen LogP) is 1.77. The highest BCUT2D eigenvalue weighted by Gasteiger charge is 2.22. The number of rotatable bonds is 9. The number of hydrogen-bond acceptors (Lipinski definition) is 5. The standard InChI is InChI=1S/C14H21NO5S/c1-3-10-21(18,19)13-7-5-4-6-11(13)15-12(14(16)17)8-9-20-2/h4-7,12,15H,3,8-10H2,1-2H3,(H,16,17). The van der Waals surface area contributed by atoms with E-state index < -0.39 is 21.8 Å². The minimum atomic E-state index is -3.42. The lowest BCUT2D eigenvalue weighted by Crippen LogP contribution is -2.31. The molecule has 1 aromatic carbocycles. The van der Waals surface area contributed by atoms with E-state index in [0.717, 1.165) is 0 Å². The Morgan fingerprint density at radius 1 is 1.38 bits per heavy atom. The molecule has 0 radical (unpaired) electrons. The number of para-hydroxylation sites is 1. The quantitative estimate of drug-likeness (QED) is 0.721. The largest absolute Gasteiger partial charge is 0.480 e. The first-order valence-electron chi connectivity index (χ1n) is 6.72. The molecule has 2 N–H and O–H groups in total. The Hall–Kier alpha value is -1.60. The second-order valence-corrected chi connectivity index (χ2v) is 6.71. The summed E-state index contributed by atoms with van der Waals surface area (Å²) in [5.74, 6) is -1.02. The Morgan fingerprint density at radius 3 is 2.62 bits per heavy atom. The molecule has 0 amide bonds. The van der Waals surface area contributed by atoms with Crippen LogP contribution in [-0.4, -0.2) is 45.0 Å². The molecule has 0 aliphatic rings. The van der Waals surface area contributed by atoms with Crippen molar-refractivity contribution in [2.45, 2.75) is 30.7 Å². The second kappa shape index (κ2) is 7.99. The monoisotopic (exact) mass is 315 g/mol. The Bertz CT molecular complexity index is 570. The zero-order valence-electron chi connectivity index (χ0n) is 12.2. The molecule has 21 heavy (non-hydrogen) atoms. The number of ether oxygens (including phenoxy) is 1. The number of hydrogen-bond donors (Lipinski definition) is 2. The van der Waals surface area contributed by atoms with Crippen LogP contribution in [0.2, 0.25) is 0 Å². The molecule has 6 nitrogen and oxygen atoms in total. The van der Waals surface area contributed by atoms with Crippen LogP contribution in [0.1, 0.15) is 19.8 Å². The van der Waals surface area contributed by atoms with Crippen LogP contribution in [0.4, 0.5) is 5.69 Å². The summed E-state index contributed by atoms with van der Waals surface area (Å²) >= 11 is 0.